The first-order valence-corrected chi connectivity index (χ1v) is 11.2. The number of aromatic nitrogens is 1. The summed E-state index contributed by atoms with van der Waals surface area (Å²) in [4.78, 5) is 32.5. The van der Waals surface area contributed by atoms with Gasteiger partial charge in [-0.2, -0.15) is 0 Å². The van der Waals surface area contributed by atoms with Crippen LogP contribution >= 0.6 is 0 Å². The zero-order chi connectivity index (χ0) is 22.4. The van der Waals surface area contributed by atoms with E-state index in [0.29, 0.717) is 31.6 Å². The molecule has 0 unspecified atom stereocenters. The highest BCUT2D eigenvalue weighted by Crippen LogP contribution is 2.37. The smallest absolute Gasteiger partial charge is 0.255 e. The lowest BCUT2D eigenvalue weighted by atomic mass is 9.73. The lowest BCUT2D eigenvalue weighted by Crippen LogP contribution is -2.54. The van der Waals surface area contributed by atoms with Gasteiger partial charge in [0.25, 0.3) is 5.91 Å². The van der Waals surface area contributed by atoms with E-state index in [4.69, 9.17) is 0 Å². The molecule has 5 heteroatoms. The minimum Gasteiger partial charge on any atom is -0.356 e. The van der Waals surface area contributed by atoms with Crippen molar-refractivity contribution in [3.8, 4) is 11.1 Å². The van der Waals surface area contributed by atoms with Gasteiger partial charge < -0.3 is 10.2 Å². The van der Waals surface area contributed by atoms with Crippen LogP contribution in [0.1, 0.15) is 35.7 Å². The second-order valence-electron chi connectivity index (χ2n) is 8.41. The van der Waals surface area contributed by atoms with Gasteiger partial charge in [-0.25, -0.2) is 0 Å². The molecular weight excluding hydrogens is 398 g/mol. The van der Waals surface area contributed by atoms with E-state index in [0.717, 1.165) is 29.5 Å². The van der Waals surface area contributed by atoms with Crippen molar-refractivity contribution < 1.29 is 9.59 Å². The predicted octanol–water partition coefficient (Wildman–Crippen LogP) is 4.35. The van der Waals surface area contributed by atoms with Crippen molar-refractivity contribution in [2.24, 2.45) is 5.41 Å². The minimum absolute atomic E-state index is 0.0200. The van der Waals surface area contributed by atoms with E-state index in [1.165, 1.54) is 0 Å². The molecule has 1 N–H and O–H groups in total. The molecule has 1 aromatic heterocycles. The average Bonchev–Trinajstić information content (AvgIpc) is 2.85. The average molecular weight is 428 g/mol. The summed E-state index contributed by atoms with van der Waals surface area (Å²) in [6, 6.07) is 22.1. The van der Waals surface area contributed by atoms with Crippen LogP contribution in [0, 0.1) is 5.41 Å². The third-order valence-corrected chi connectivity index (χ3v) is 6.22. The molecule has 32 heavy (non-hydrogen) atoms. The van der Waals surface area contributed by atoms with Crippen LogP contribution in [0.5, 0.6) is 0 Å². The predicted molar refractivity (Wildman–Crippen MR) is 126 cm³/mol. The number of pyridine rings is 1. The Hall–Kier alpha value is -3.47. The zero-order valence-corrected chi connectivity index (χ0v) is 18.5. The van der Waals surface area contributed by atoms with Gasteiger partial charge in [0.05, 0.1) is 11.0 Å². The summed E-state index contributed by atoms with van der Waals surface area (Å²) in [5.74, 6) is -0.0469. The van der Waals surface area contributed by atoms with Gasteiger partial charge in [0.2, 0.25) is 5.91 Å². The SMILES string of the molecule is CCNC(=O)[C@]1(Cc2ccccc2-c2ccccc2)CCCN(C(=O)c2cccnc2)C1. The molecule has 1 aliphatic heterocycles. The summed E-state index contributed by atoms with van der Waals surface area (Å²) in [6.07, 6.45) is 5.37. The number of rotatable bonds is 6. The van der Waals surface area contributed by atoms with E-state index in [1.54, 1.807) is 24.5 Å². The van der Waals surface area contributed by atoms with Crippen molar-refractivity contribution >= 4 is 11.8 Å². The molecule has 1 saturated heterocycles. The number of nitrogens with one attached hydrogen (secondary N) is 1. The molecule has 2 heterocycles. The molecule has 1 atom stereocenters. The van der Waals surface area contributed by atoms with Gasteiger partial charge in [0.15, 0.2) is 0 Å². The number of hydrogen-bond donors (Lipinski definition) is 1. The Kier molecular flexibility index (Phi) is 6.64. The first-order valence-electron chi connectivity index (χ1n) is 11.2. The molecule has 0 saturated carbocycles. The molecule has 1 fully saturated rings. The zero-order valence-electron chi connectivity index (χ0n) is 18.5. The maximum atomic E-state index is 13.4. The second kappa shape index (κ2) is 9.77. The fourth-order valence-electron chi connectivity index (χ4n) is 4.67. The molecule has 0 bridgehead atoms. The molecule has 0 radical (unpaired) electrons. The van der Waals surface area contributed by atoms with Crippen LogP contribution in [-0.4, -0.2) is 41.3 Å². The van der Waals surface area contributed by atoms with Crippen molar-refractivity contribution in [3.05, 3.63) is 90.3 Å². The van der Waals surface area contributed by atoms with Crippen LogP contribution in [0.4, 0.5) is 0 Å². The van der Waals surface area contributed by atoms with Crippen LogP contribution < -0.4 is 5.32 Å². The van der Waals surface area contributed by atoms with E-state index >= 15 is 0 Å². The first kappa shape index (κ1) is 21.8. The van der Waals surface area contributed by atoms with Crippen LogP contribution in [0.15, 0.2) is 79.1 Å². The summed E-state index contributed by atoms with van der Waals surface area (Å²) in [5, 5.41) is 3.05. The fourth-order valence-corrected chi connectivity index (χ4v) is 4.67. The van der Waals surface area contributed by atoms with E-state index in [9.17, 15) is 9.59 Å². The van der Waals surface area contributed by atoms with Crippen molar-refractivity contribution in [2.45, 2.75) is 26.2 Å². The normalized spacial score (nSPS) is 18.2. The summed E-state index contributed by atoms with van der Waals surface area (Å²) in [5.41, 5.74) is 3.28. The van der Waals surface area contributed by atoms with Gasteiger partial charge in [-0.05, 0) is 55.0 Å². The molecule has 3 aromatic rings. The lowest BCUT2D eigenvalue weighted by molar-refractivity contribution is -0.133. The highest BCUT2D eigenvalue weighted by Gasteiger charge is 2.43. The summed E-state index contributed by atoms with van der Waals surface area (Å²) in [7, 11) is 0. The van der Waals surface area contributed by atoms with E-state index in [-0.39, 0.29) is 11.8 Å². The van der Waals surface area contributed by atoms with E-state index in [2.05, 4.69) is 34.6 Å². The van der Waals surface area contributed by atoms with Gasteiger partial charge in [-0.3, -0.25) is 14.6 Å². The third-order valence-electron chi connectivity index (χ3n) is 6.22. The van der Waals surface area contributed by atoms with Gasteiger partial charge in [-0.15, -0.1) is 0 Å². The Morgan fingerprint density at radius 1 is 1.03 bits per heavy atom. The van der Waals surface area contributed by atoms with Gasteiger partial charge in [-0.1, -0.05) is 54.6 Å². The number of amides is 2. The molecule has 5 nitrogen and oxygen atoms in total. The monoisotopic (exact) mass is 427 g/mol. The Morgan fingerprint density at radius 3 is 2.56 bits per heavy atom. The Balaban J connectivity index is 1.68. The largest absolute Gasteiger partial charge is 0.356 e. The molecule has 0 spiro atoms. The van der Waals surface area contributed by atoms with Gasteiger partial charge >= 0.3 is 0 Å². The highest BCUT2D eigenvalue weighted by molar-refractivity contribution is 5.94. The third kappa shape index (κ3) is 4.57. The molecule has 1 aliphatic rings. The van der Waals surface area contributed by atoms with E-state index in [1.807, 2.05) is 42.2 Å². The number of carbonyl (C=O) groups excluding carboxylic acids is 2. The van der Waals surface area contributed by atoms with Gasteiger partial charge in [0, 0.05) is 32.0 Å². The van der Waals surface area contributed by atoms with Crippen molar-refractivity contribution in [1.82, 2.24) is 15.2 Å². The molecular formula is C27H29N3O2. The number of benzene rings is 2. The fraction of sp³-hybridized carbons (Fsp3) is 0.296. The summed E-state index contributed by atoms with van der Waals surface area (Å²) in [6.45, 7) is 3.55. The molecule has 4 rings (SSSR count). The summed E-state index contributed by atoms with van der Waals surface area (Å²) < 4.78 is 0. The quantitative estimate of drug-likeness (QED) is 0.636. The van der Waals surface area contributed by atoms with Crippen molar-refractivity contribution in [2.75, 3.05) is 19.6 Å². The molecule has 2 aromatic carbocycles. The number of carbonyl (C=O) groups is 2. The maximum absolute atomic E-state index is 13.4. The van der Waals surface area contributed by atoms with Crippen LogP contribution in [0.2, 0.25) is 0 Å². The lowest BCUT2D eigenvalue weighted by Gasteiger charge is -2.42. The first-order chi connectivity index (χ1) is 15.6. The second-order valence-corrected chi connectivity index (χ2v) is 8.41. The Bertz CT molecular complexity index is 1070. The van der Waals surface area contributed by atoms with Crippen LogP contribution in [0.3, 0.4) is 0 Å². The van der Waals surface area contributed by atoms with Crippen molar-refractivity contribution in [1.29, 1.82) is 0 Å². The van der Waals surface area contributed by atoms with Crippen LogP contribution in [0.25, 0.3) is 11.1 Å². The molecule has 164 valence electrons. The molecule has 0 aliphatic carbocycles. The van der Waals surface area contributed by atoms with E-state index < -0.39 is 5.41 Å². The number of hydrogen-bond acceptors (Lipinski definition) is 3. The highest BCUT2D eigenvalue weighted by atomic mass is 16.2. The van der Waals surface area contributed by atoms with Crippen LogP contribution in [-0.2, 0) is 11.2 Å². The number of likely N-dealkylation sites (tertiary alicyclic amines) is 1. The summed E-state index contributed by atoms with van der Waals surface area (Å²) >= 11 is 0. The molecule has 2 amide bonds. The standard InChI is InChI=1S/C27H29N3O2/c1-2-29-26(32)27(15-9-17-30(20-27)25(31)23-13-8-16-28-19-23)18-22-12-6-7-14-24(22)21-10-4-3-5-11-21/h3-8,10-14,16,19H,2,9,15,17-18,20H2,1H3,(H,29,32)/t27-/m0/s1. The number of piperidine rings is 1. The maximum Gasteiger partial charge on any atom is 0.255 e. The van der Waals surface area contributed by atoms with Crippen molar-refractivity contribution in [3.63, 3.8) is 0 Å². The Morgan fingerprint density at radius 2 is 1.81 bits per heavy atom. The number of nitrogens with zero attached hydrogens (tertiary/aromatic N) is 2. The Labute approximate surface area is 189 Å². The topological polar surface area (TPSA) is 62.3 Å². The minimum atomic E-state index is -0.670. The van der Waals surface area contributed by atoms with Gasteiger partial charge in [0.1, 0.15) is 0 Å².